The zero-order valence-corrected chi connectivity index (χ0v) is 17.4. The maximum atomic E-state index is 12.7. The van der Waals surface area contributed by atoms with Gasteiger partial charge in [-0.2, -0.15) is 0 Å². The molecule has 0 saturated carbocycles. The van der Waals surface area contributed by atoms with Gasteiger partial charge in [-0.1, -0.05) is 30.1 Å². The average molecular weight is 436 g/mol. The van der Waals surface area contributed by atoms with E-state index in [2.05, 4.69) is 10.3 Å². The third-order valence-corrected chi connectivity index (χ3v) is 4.83. The minimum Gasteiger partial charge on any atom is -0.479 e. The van der Waals surface area contributed by atoms with Crippen LogP contribution in [0.3, 0.4) is 0 Å². The normalized spacial score (nSPS) is 15.5. The van der Waals surface area contributed by atoms with Crippen LogP contribution in [0.15, 0.2) is 30.5 Å². The Morgan fingerprint density at radius 3 is 2.72 bits per heavy atom. The maximum Gasteiger partial charge on any atom is 0.268 e. The van der Waals surface area contributed by atoms with Crippen LogP contribution < -0.4 is 15.0 Å². The van der Waals surface area contributed by atoms with E-state index in [1.54, 1.807) is 25.1 Å². The number of benzene rings is 1. The van der Waals surface area contributed by atoms with Crippen LogP contribution in [0.5, 0.6) is 5.75 Å². The second-order valence-corrected chi connectivity index (χ2v) is 7.42. The van der Waals surface area contributed by atoms with Crippen molar-refractivity contribution < 1.29 is 19.1 Å². The van der Waals surface area contributed by atoms with Crippen LogP contribution in [0.1, 0.15) is 37.0 Å². The number of pyridine rings is 1. The van der Waals surface area contributed by atoms with Gasteiger partial charge in [0.2, 0.25) is 5.91 Å². The second kappa shape index (κ2) is 8.80. The smallest absolute Gasteiger partial charge is 0.268 e. The Bertz CT molecular complexity index is 980. The predicted octanol–water partition coefficient (Wildman–Crippen LogP) is 4.12. The molecule has 152 valence electrons. The van der Waals surface area contributed by atoms with Gasteiger partial charge in [-0.15, -0.1) is 0 Å². The lowest BCUT2D eigenvalue weighted by Crippen LogP contribution is -2.47. The first-order chi connectivity index (χ1) is 13.8. The first kappa shape index (κ1) is 21.1. The van der Waals surface area contributed by atoms with Crippen molar-refractivity contribution in [3.63, 3.8) is 0 Å². The maximum absolute atomic E-state index is 12.7. The summed E-state index contributed by atoms with van der Waals surface area (Å²) in [6.07, 6.45) is 1.70. The van der Waals surface area contributed by atoms with E-state index in [0.29, 0.717) is 34.9 Å². The minimum absolute atomic E-state index is 0.0390. The Balaban J connectivity index is 1.86. The van der Waals surface area contributed by atoms with Crippen molar-refractivity contribution in [1.29, 1.82) is 0 Å². The van der Waals surface area contributed by atoms with E-state index in [4.69, 9.17) is 27.9 Å². The highest BCUT2D eigenvalue weighted by molar-refractivity contribution is 6.36. The highest BCUT2D eigenvalue weighted by atomic mass is 35.5. The summed E-state index contributed by atoms with van der Waals surface area (Å²) in [6.45, 7) is 3.23. The lowest BCUT2D eigenvalue weighted by atomic mass is 10.0. The molecule has 1 N–H and O–H groups in total. The van der Waals surface area contributed by atoms with Gasteiger partial charge in [-0.3, -0.25) is 19.3 Å². The van der Waals surface area contributed by atoms with Crippen molar-refractivity contribution in [1.82, 2.24) is 4.98 Å². The number of nitrogens with one attached hydrogen (secondary N) is 1. The molecule has 3 rings (SSSR count). The van der Waals surface area contributed by atoms with Crippen molar-refractivity contribution >= 4 is 52.3 Å². The largest absolute Gasteiger partial charge is 0.479 e. The van der Waals surface area contributed by atoms with E-state index in [1.807, 2.05) is 6.92 Å². The van der Waals surface area contributed by atoms with Gasteiger partial charge in [-0.25, -0.2) is 4.98 Å². The topological polar surface area (TPSA) is 88.6 Å². The Labute approximate surface area is 178 Å². The Morgan fingerprint density at radius 2 is 2.03 bits per heavy atom. The fourth-order valence-corrected chi connectivity index (χ4v) is 3.36. The summed E-state index contributed by atoms with van der Waals surface area (Å²) in [5.74, 6) is -0.353. The highest BCUT2D eigenvalue weighted by Gasteiger charge is 2.33. The van der Waals surface area contributed by atoms with Gasteiger partial charge in [-0.05, 0) is 37.6 Å². The van der Waals surface area contributed by atoms with Crippen molar-refractivity contribution in [2.24, 2.45) is 0 Å². The van der Waals surface area contributed by atoms with Crippen LogP contribution in [0.25, 0.3) is 0 Å². The van der Waals surface area contributed by atoms with Crippen LogP contribution >= 0.6 is 23.2 Å². The molecule has 1 unspecified atom stereocenters. The molecule has 1 aromatic heterocycles. The summed E-state index contributed by atoms with van der Waals surface area (Å²) in [5, 5.41) is 3.08. The van der Waals surface area contributed by atoms with Crippen molar-refractivity contribution in [3.8, 4) is 5.75 Å². The number of aromatic nitrogens is 1. The molecular formula is C20H19Cl2N3O4. The number of rotatable bonds is 6. The summed E-state index contributed by atoms with van der Waals surface area (Å²) >= 11 is 11.8. The monoisotopic (exact) mass is 435 g/mol. The van der Waals surface area contributed by atoms with Gasteiger partial charge in [0.25, 0.3) is 5.91 Å². The standard InChI is InChI=1S/C20H19Cl2N3O4/c1-3-4-16(26)12-5-6-17-15(7-12)25(20(28)11(2)29-17)10-18(27)24-19-14(22)8-13(21)9-23-19/h5-9,11H,3-4,10H2,1-2H3,(H,23,24,27). The third-order valence-electron chi connectivity index (χ3n) is 4.33. The molecule has 29 heavy (non-hydrogen) atoms. The summed E-state index contributed by atoms with van der Waals surface area (Å²) in [4.78, 5) is 42.8. The molecule has 1 aliphatic rings. The molecule has 0 spiro atoms. The van der Waals surface area contributed by atoms with Crippen LogP contribution in [-0.2, 0) is 9.59 Å². The Morgan fingerprint density at radius 1 is 1.28 bits per heavy atom. The number of nitrogens with zero attached hydrogens (tertiary/aromatic N) is 2. The van der Waals surface area contributed by atoms with Gasteiger partial charge in [0.15, 0.2) is 17.7 Å². The number of amides is 2. The number of Topliss-reactive ketones (excluding diaryl/α,β-unsaturated/α-hetero) is 1. The number of carbonyl (C=O) groups is 3. The predicted molar refractivity (Wildman–Crippen MR) is 111 cm³/mol. The van der Waals surface area contributed by atoms with E-state index in [1.165, 1.54) is 17.2 Å². The number of carbonyl (C=O) groups excluding carboxylic acids is 3. The van der Waals surface area contributed by atoms with Gasteiger partial charge in [0.1, 0.15) is 12.3 Å². The summed E-state index contributed by atoms with van der Waals surface area (Å²) in [7, 11) is 0. The van der Waals surface area contributed by atoms with E-state index in [-0.39, 0.29) is 29.1 Å². The van der Waals surface area contributed by atoms with Gasteiger partial charge < -0.3 is 10.1 Å². The number of hydrogen-bond donors (Lipinski definition) is 1. The molecule has 1 aliphatic heterocycles. The molecule has 0 bridgehead atoms. The molecule has 7 nitrogen and oxygen atoms in total. The third kappa shape index (κ3) is 4.68. The van der Waals surface area contributed by atoms with Crippen LogP contribution in [0, 0.1) is 0 Å². The number of fused-ring (bicyclic) bond motifs is 1. The quantitative estimate of drug-likeness (QED) is 0.689. The van der Waals surface area contributed by atoms with Crippen LogP contribution in [0.4, 0.5) is 11.5 Å². The number of ketones is 1. The van der Waals surface area contributed by atoms with Gasteiger partial charge in [0, 0.05) is 18.2 Å². The zero-order chi connectivity index (χ0) is 21.1. The fraction of sp³-hybridized carbons (Fsp3) is 0.300. The average Bonchev–Trinajstić information content (AvgIpc) is 2.67. The molecule has 2 aromatic rings. The van der Waals surface area contributed by atoms with E-state index in [0.717, 1.165) is 0 Å². The van der Waals surface area contributed by atoms with Gasteiger partial charge in [0.05, 0.1) is 15.7 Å². The van der Waals surface area contributed by atoms with Crippen molar-refractivity contribution in [2.75, 3.05) is 16.8 Å². The Kier molecular flexibility index (Phi) is 6.39. The fourth-order valence-electron chi connectivity index (χ4n) is 2.94. The molecule has 0 saturated heterocycles. The summed E-state index contributed by atoms with van der Waals surface area (Å²) in [5.41, 5.74) is 0.838. The molecular weight excluding hydrogens is 417 g/mol. The molecule has 0 aliphatic carbocycles. The first-order valence-corrected chi connectivity index (χ1v) is 9.82. The van der Waals surface area contributed by atoms with Crippen molar-refractivity contribution in [2.45, 2.75) is 32.8 Å². The molecule has 1 atom stereocenters. The van der Waals surface area contributed by atoms with Crippen LogP contribution in [0.2, 0.25) is 10.0 Å². The molecule has 2 amide bonds. The first-order valence-electron chi connectivity index (χ1n) is 9.06. The minimum atomic E-state index is -0.760. The lowest BCUT2D eigenvalue weighted by molar-refractivity contribution is -0.127. The number of ether oxygens (including phenoxy) is 1. The number of halogens is 2. The van der Waals surface area contributed by atoms with E-state index in [9.17, 15) is 14.4 Å². The van der Waals surface area contributed by atoms with Crippen LogP contribution in [-0.4, -0.2) is 35.2 Å². The van der Waals surface area contributed by atoms with Gasteiger partial charge >= 0.3 is 0 Å². The summed E-state index contributed by atoms with van der Waals surface area (Å²) < 4.78 is 5.62. The molecule has 0 radical (unpaired) electrons. The van der Waals surface area contributed by atoms with E-state index >= 15 is 0 Å². The second-order valence-electron chi connectivity index (χ2n) is 6.57. The molecule has 0 fully saturated rings. The number of anilines is 2. The van der Waals surface area contributed by atoms with E-state index < -0.39 is 12.0 Å². The lowest BCUT2D eigenvalue weighted by Gasteiger charge is -2.32. The zero-order valence-electron chi connectivity index (χ0n) is 15.9. The Hall–Kier alpha value is -2.64. The molecule has 1 aromatic carbocycles. The summed E-state index contributed by atoms with van der Waals surface area (Å²) in [6, 6.07) is 6.34. The SMILES string of the molecule is CCCC(=O)c1ccc2c(c1)N(CC(=O)Nc1ncc(Cl)cc1Cl)C(=O)C(C)O2. The number of hydrogen-bond acceptors (Lipinski definition) is 5. The molecule has 9 heteroatoms. The molecule has 2 heterocycles. The van der Waals surface area contributed by atoms with Crippen molar-refractivity contribution in [3.05, 3.63) is 46.1 Å². The highest BCUT2D eigenvalue weighted by Crippen LogP contribution is 2.35.